The van der Waals surface area contributed by atoms with E-state index >= 15 is 0 Å². The van der Waals surface area contributed by atoms with Gasteiger partial charge in [0, 0.05) is 24.2 Å². The average molecular weight is 284 g/mol. The molecule has 0 radical (unpaired) electrons. The number of nitro groups is 1. The summed E-state index contributed by atoms with van der Waals surface area (Å²) in [6.07, 6.45) is 0. The van der Waals surface area contributed by atoms with Crippen molar-refractivity contribution in [1.29, 1.82) is 0 Å². The van der Waals surface area contributed by atoms with Crippen molar-refractivity contribution in [3.63, 3.8) is 0 Å². The Morgan fingerprint density at radius 3 is 2.62 bits per heavy atom. The molecule has 0 amide bonds. The highest BCUT2D eigenvalue weighted by Gasteiger charge is 2.11. The number of hydrogen-bond acceptors (Lipinski definition) is 3. The number of hydrogen-bond donors (Lipinski definition) is 1. The lowest BCUT2D eigenvalue weighted by atomic mass is 10.1. The lowest BCUT2D eigenvalue weighted by molar-refractivity contribution is -0.385. The maximum absolute atomic E-state index is 11.0. The minimum absolute atomic E-state index is 0.178. The Labute approximate surface area is 125 Å². The van der Waals surface area contributed by atoms with E-state index in [1.54, 1.807) is 19.1 Å². The minimum atomic E-state index is -0.331. The van der Waals surface area contributed by atoms with E-state index in [-0.39, 0.29) is 16.7 Å². The summed E-state index contributed by atoms with van der Waals surface area (Å²) < 4.78 is 0. The predicted octanol–water partition coefficient (Wildman–Crippen LogP) is 4.06. The molecule has 0 aliphatic rings. The van der Waals surface area contributed by atoms with Crippen molar-refractivity contribution in [3.8, 4) is 0 Å². The fourth-order valence-electron chi connectivity index (χ4n) is 2.29. The summed E-state index contributed by atoms with van der Waals surface area (Å²) in [6.45, 7) is 6.53. The monoisotopic (exact) mass is 284 g/mol. The van der Waals surface area contributed by atoms with Gasteiger partial charge in [-0.2, -0.15) is 0 Å². The lowest BCUT2D eigenvalue weighted by Crippen LogP contribution is -2.18. The number of nitrogens with zero attached hydrogens (tertiary/aromatic N) is 1. The van der Waals surface area contributed by atoms with Crippen LogP contribution in [0.5, 0.6) is 0 Å². The van der Waals surface area contributed by atoms with Gasteiger partial charge in [0.2, 0.25) is 0 Å². The fourth-order valence-corrected chi connectivity index (χ4v) is 2.29. The Balaban J connectivity index is 2.06. The van der Waals surface area contributed by atoms with Gasteiger partial charge in [-0.1, -0.05) is 42.0 Å². The molecule has 0 heterocycles. The van der Waals surface area contributed by atoms with E-state index in [0.717, 1.165) is 5.56 Å². The normalized spacial score (nSPS) is 12.1. The van der Waals surface area contributed by atoms with Gasteiger partial charge >= 0.3 is 0 Å². The smallest absolute Gasteiger partial charge is 0.272 e. The molecule has 110 valence electrons. The Morgan fingerprint density at radius 2 is 1.95 bits per heavy atom. The van der Waals surface area contributed by atoms with Gasteiger partial charge in [-0.3, -0.25) is 10.1 Å². The Hall–Kier alpha value is -2.20. The molecular weight excluding hydrogens is 264 g/mol. The fraction of sp³-hybridized carbons (Fsp3) is 0.294. The zero-order valence-corrected chi connectivity index (χ0v) is 12.6. The van der Waals surface area contributed by atoms with Gasteiger partial charge in [0.1, 0.15) is 0 Å². The van der Waals surface area contributed by atoms with Crippen molar-refractivity contribution in [1.82, 2.24) is 5.32 Å². The molecule has 0 saturated heterocycles. The first-order valence-electron chi connectivity index (χ1n) is 7.01. The third-order valence-corrected chi connectivity index (χ3v) is 3.62. The quantitative estimate of drug-likeness (QED) is 0.665. The molecule has 21 heavy (non-hydrogen) atoms. The average Bonchev–Trinajstić information content (AvgIpc) is 2.45. The number of rotatable bonds is 5. The molecule has 0 bridgehead atoms. The molecule has 1 atom stereocenters. The number of nitro benzene ring substituents is 1. The largest absolute Gasteiger partial charge is 0.306 e. The van der Waals surface area contributed by atoms with Gasteiger partial charge in [0.25, 0.3) is 5.69 Å². The Morgan fingerprint density at radius 1 is 1.19 bits per heavy atom. The minimum Gasteiger partial charge on any atom is -0.306 e. The van der Waals surface area contributed by atoms with Gasteiger partial charge in [0.15, 0.2) is 0 Å². The topological polar surface area (TPSA) is 55.2 Å². The van der Waals surface area contributed by atoms with Crippen molar-refractivity contribution in [2.24, 2.45) is 0 Å². The summed E-state index contributed by atoms with van der Waals surface area (Å²) in [5.41, 5.74) is 4.24. The van der Waals surface area contributed by atoms with Crippen LogP contribution in [0, 0.1) is 24.0 Å². The van der Waals surface area contributed by atoms with Crippen LogP contribution < -0.4 is 5.32 Å². The SMILES string of the molecule is Cc1cccc([C@@H](C)NCc2ccc(C)c([N+](=O)[O-])c2)c1. The molecule has 0 saturated carbocycles. The molecule has 1 N–H and O–H groups in total. The van der Waals surface area contributed by atoms with Crippen molar-refractivity contribution in [3.05, 3.63) is 74.8 Å². The lowest BCUT2D eigenvalue weighted by Gasteiger charge is -2.15. The van der Waals surface area contributed by atoms with E-state index in [1.165, 1.54) is 11.1 Å². The highest BCUT2D eigenvalue weighted by atomic mass is 16.6. The molecule has 4 heteroatoms. The molecule has 2 rings (SSSR count). The van der Waals surface area contributed by atoms with Crippen molar-refractivity contribution in [2.45, 2.75) is 33.4 Å². The number of nitrogens with one attached hydrogen (secondary N) is 1. The summed E-state index contributed by atoms with van der Waals surface area (Å²) >= 11 is 0. The summed E-state index contributed by atoms with van der Waals surface area (Å²) in [6, 6.07) is 13.9. The Kier molecular flexibility index (Phi) is 4.70. The van der Waals surface area contributed by atoms with E-state index in [9.17, 15) is 10.1 Å². The molecular formula is C17H20N2O2. The summed E-state index contributed by atoms with van der Waals surface area (Å²) in [5.74, 6) is 0. The molecule has 0 aliphatic heterocycles. The van der Waals surface area contributed by atoms with Crippen molar-refractivity contribution in [2.75, 3.05) is 0 Å². The van der Waals surface area contributed by atoms with Crippen LogP contribution in [0.1, 0.15) is 35.2 Å². The zero-order valence-electron chi connectivity index (χ0n) is 12.6. The molecule has 2 aromatic carbocycles. The van der Waals surface area contributed by atoms with Crippen LogP contribution in [0.2, 0.25) is 0 Å². The zero-order chi connectivity index (χ0) is 15.4. The maximum atomic E-state index is 11.0. The van der Waals surface area contributed by atoms with Crippen LogP contribution in [0.25, 0.3) is 0 Å². The van der Waals surface area contributed by atoms with Gasteiger partial charge in [-0.15, -0.1) is 0 Å². The van der Waals surface area contributed by atoms with Crippen LogP contribution >= 0.6 is 0 Å². The summed E-state index contributed by atoms with van der Waals surface area (Å²) in [4.78, 5) is 10.6. The maximum Gasteiger partial charge on any atom is 0.272 e. The molecule has 4 nitrogen and oxygen atoms in total. The van der Waals surface area contributed by atoms with Gasteiger partial charge < -0.3 is 5.32 Å². The van der Waals surface area contributed by atoms with Crippen LogP contribution in [0.4, 0.5) is 5.69 Å². The van der Waals surface area contributed by atoms with E-state index in [2.05, 4.69) is 37.4 Å². The third kappa shape index (κ3) is 3.89. The number of aryl methyl sites for hydroxylation is 2. The molecule has 0 spiro atoms. The number of benzene rings is 2. The van der Waals surface area contributed by atoms with E-state index in [1.807, 2.05) is 12.1 Å². The second-order valence-electron chi connectivity index (χ2n) is 5.39. The second kappa shape index (κ2) is 6.50. The van der Waals surface area contributed by atoms with Crippen molar-refractivity contribution >= 4 is 5.69 Å². The molecule has 0 fully saturated rings. The van der Waals surface area contributed by atoms with Gasteiger partial charge in [-0.25, -0.2) is 0 Å². The summed E-state index contributed by atoms with van der Waals surface area (Å²) in [5, 5.41) is 14.4. The first-order chi connectivity index (χ1) is 9.97. The molecule has 0 aliphatic carbocycles. The third-order valence-electron chi connectivity index (χ3n) is 3.62. The summed E-state index contributed by atoms with van der Waals surface area (Å²) in [7, 11) is 0. The van der Waals surface area contributed by atoms with Gasteiger partial charge in [0.05, 0.1) is 4.92 Å². The molecule has 0 unspecified atom stereocenters. The first kappa shape index (κ1) is 15.2. The predicted molar refractivity (Wildman–Crippen MR) is 84.3 cm³/mol. The van der Waals surface area contributed by atoms with Crippen molar-refractivity contribution < 1.29 is 4.92 Å². The van der Waals surface area contributed by atoms with Crippen LogP contribution in [-0.4, -0.2) is 4.92 Å². The second-order valence-corrected chi connectivity index (χ2v) is 5.39. The van der Waals surface area contributed by atoms with Crippen LogP contribution in [0.15, 0.2) is 42.5 Å². The Bertz CT molecular complexity index is 653. The highest BCUT2D eigenvalue weighted by Crippen LogP contribution is 2.20. The molecule has 0 aromatic heterocycles. The first-order valence-corrected chi connectivity index (χ1v) is 7.01. The van der Waals surface area contributed by atoms with Crippen LogP contribution in [0.3, 0.4) is 0 Å². The highest BCUT2D eigenvalue weighted by molar-refractivity contribution is 5.42. The van der Waals surface area contributed by atoms with Crippen LogP contribution in [-0.2, 0) is 6.54 Å². The van der Waals surface area contributed by atoms with E-state index in [0.29, 0.717) is 12.1 Å². The van der Waals surface area contributed by atoms with Gasteiger partial charge in [-0.05, 0) is 31.9 Å². The molecule has 2 aromatic rings. The van der Waals surface area contributed by atoms with E-state index < -0.39 is 0 Å². The van der Waals surface area contributed by atoms with E-state index in [4.69, 9.17) is 0 Å². The standard InChI is InChI=1S/C17H20N2O2/c1-12-5-4-6-16(9-12)14(3)18-11-15-8-7-13(2)17(10-15)19(20)21/h4-10,14,18H,11H2,1-3H3/t14-/m1/s1.